The number of rotatable bonds is 5. The van der Waals surface area contributed by atoms with E-state index in [4.69, 9.17) is 17.3 Å². The zero-order valence-electron chi connectivity index (χ0n) is 10.1. The molecule has 1 fully saturated rings. The summed E-state index contributed by atoms with van der Waals surface area (Å²) in [5.74, 6) is 2.13. The Morgan fingerprint density at radius 3 is 2.65 bits per heavy atom. The van der Waals surface area contributed by atoms with Gasteiger partial charge in [-0.15, -0.1) is 0 Å². The minimum absolute atomic E-state index is 0.351. The molecule has 1 aliphatic carbocycles. The van der Waals surface area contributed by atoms with E-state index in [9.17, 15) is 0 Å². The Hall–Kier alpha value is -0.180. The molecule has 3 heteroatoms. The first-order chi connectivity index (χ1) is 8.31. The van der Waals surface area contributed by atoms with Crippen LogP contribution < -0.4 is 5.73 Å². The van der Waals surface area contributed by atoms with Gasteiger partial charge in [-0.1, -0.05) is 42.6 Å². The molecule has 17 heavy (non-hydrogen) atoms. The van der Waals surface area contributed by atoms with Crippen molar-refractivity contribution < 1.29 is 0 Å². The Morgan fingerprint density at radius 2 is 2.00 bits per heavy atom. The largest absolute Gasteiger partial charge is 0.329 e. The van der Waals surface area contributed by atoms with Crippen LogP contribution in [0, 0.1) is 5.92 Å². The highest BCUT2D eigenvalue weighted by molar-refractivity contribution is 7.99. The summed E-state index contributed by atoms with van der Waals surface area (Å²) in [5, 5.41) is 1.20. The van der Waals surface area contributed by atoms with Crippen LogP contribution in [-0.2, 0) is 0 Å². The first kappa shape index (κ1) is 13.3. The molecule has 94 valence electrons. The number of thioether (sulfide) groups is 1. The average Bonchev–Trinajstić information content (AvgIpc) is 2.85. The molecule has 1 aromatic rings. The van der Waals surface area contributed by atoms with Gasteiger partial charge >= 0.3 is 0 Å². The first-order valence-corrected chi connectivity index (χ1v) is 7.80. The van der Waals surface area contributed by atoms with Gasteiger partial charge in [0.05, 0.1) is 0 Å². The van der Waals surface area contributed by atoms with Crippen LogP contribution in [0.2, 0.25) is 5.02 Å². The molecule has 0 heterocycles. The monoisotopic (exact) mass is 269 g/mol. The van der Waals surface area contributed by atoms with Crippen molar-refractivity contribution in [3.05, 3.63) is 34.9 Å². The van der Waals surface area contributed by atoms with Crippen LogP contribution in [0.5, 0.6) is 0 Å². The highest BCUT2D eigenvalue weighted by atomic mass is 35.5. The number of halogens is 1. The third-order valence-corrected chi connectivity index (χ3v) is 5.33. The number of hydrogen-bond acceptors (Lipinski definition) is 2. The van der Waals surface area contributed by atoms with E-state index in [1.807, 2.05) is 30.0 Å². The molecule has 0 saturated heterocycles. The number of benzene rings is 1. The maximum absolute atomic E-state index is 6.22. The SMILES string of the molecule is NCC(SCC1CCCC1)c1ccccc1Cl. The minimum Gasteiger partial charge on any atom is -0.329 e. The summed E-state index contributed by atoms with van der Waals surface area (Å²) in [7, 11) is 0. The lowest BCUT2D eigenvalue weighted by Crippen LogP contribution is -2.12. The molecule has 1 aromatic carbocycles. The molecule has 2 N–H and O–H groups in total. The second kappa shape index (κ2) is 6.67. The van der Waals surface area contributed by atoms with Gasteiger partial charge < -0.3 is 5.73 Å². The van der Waals surface area contributed by atoms with E-state index >= 15 is 0 Å². The molecule has 2 rings (SSSR count). The fourth-order valence-corrected chi connectivity index (χ4v) is 4.14. The van der Waals surface area contributed by atoms with Crippen molar-refractivity contribution in [2.75, 3.05) is 12.3 Å². The van der Waals surface area contributed by atoms with Crippen molar-refractivity contribution in [1.29, 1.82) is 0 Å². The predicted octanol–water partition coefficient (Wildman–Crippen LogP) is 4.26. The van der Waals surface area contributed by atoms with Crippen molar-refractivity contribution >= 4 is 23.4 Å². The fourth-order valence-electron chi connectivity index (χ4n) is 2.45. The third kappa shape index (κ3) is 3.64. The van der Waals surface area contributed by atoms with Crippen molar-refractivity contribution in [3.8, 4) is 0 Å². The molecular formula is C14H20ClNS. The summed E-state index contributed by atoms with van der Waals surface area (Å²) in [4.78, 5) is 0. The van der Waals surface area contributed by atoms with Crippen LogP contribution in [0.15, 0.2) is 24.3 Å². The molecule has 0 bridgehead atoms. The molecule has 0 amide bonds. The van der Waals surface area contributed by atoms with Crippen LogP contribution >= 0.6 is 23.4 Å². The molecule has 1 atom stereocenters. The molecule has 0 radical (unpaired) electrons. The second-order valence-electron chi connectivity index (χ2n) is 4.73. The van der Waals surface area contributed by atoms with Crippen LogP contribution in [0.25, 0.3) is 0 Å². The van der Waals surface area contributed by atoms with Crippen LogP contribution in [0.1, 0.15) is 36.5 Å². The van der Waals surface area contributed by atoms with E-state index < -0.39 is 0 Å². The van der Waals surface area contributed by atoms with Gasteiger partial charge in [0.2, 0.25) is 0 Å². The lowest BCUT2D eigenvalue weighted by Gasteiger charge is -2.18. The molecule has 0 aromatic heterocycles. The van der Waals surface area contributed by atoms with Crippen LogP contribution in [0.3, 0.4) is 0 Å². The molecular weight excluding hydrogens is 250 g/mol. The van der Waals surface area contributed by atoms with E-state index in [-0.39, 0.29) is 0 Å². The minimum atomic E-state index is 0.351. The second-order valence-corrected chi connectivity index (χ2v) is 6.37. The van der Waals surface area contributed by atoms with Gasteiger partial charge in [-0.3, -0.25) is 0 Å². The summed E-state index contributed by atoms with van der Waals surface area (Å²) < 4.78 is 0. The van der Waals surface area contributed by atoms with Gasteiger partial charge in [-0.2, -0.15) is 11.8 Å². The maximum atomic E-state index is 6.22. The molecule has 1 aliphatic rings. The Kier molecular flexibility index (Phi) is 5.20. The first-order valence-electron chi connectivity index (χ1n) is 6.37. The number of hydrogen-bond donors (Lipinski definition) is 1. The molecule has 1 unspecified atom stereocenters. The topological polar surface area (TPSA) is 26.0 Å². The van der Waals surface area contributed by atoms with Gasteiger partial charge in [-0.25, -0.2) is 0 Å². The Balaban J connectivity index is 1.94. The highest BCUT2D eigenvalue weighted by Gasteiger charge is 2.19. The van der Waals surface area contributed by atoms with Gasteiger partial charge in [-0.05, 0) is 36.1 Å². The molecule has 0 aliphatic heterocycles. The Labute approximate surface area is 113 Å². The van der Waals surface area contributed by atoms with Crippen LogP contribution in [0.4, 0.5) is 0 Å². The van der Waals surface area contributed by atoms with Crippen molar-refractivity contribution in [2.24, 2.45) is 11.7 Å². The molecule has 1 nitrogen and oxygen atoms in total. The zero-order valence-corrected chi connectivity index (χ0v) is 11.6. The van der Waals surface area contributed by atoms with Gasteiger partial charge in [0, 0.05) is 16.8 Å². The lowest BCUT2D eigenvalue weighted by molar-refractivity contribution is 0.622. The van der Waals surface area contributed by atoms with E-state index in [2.05, 4.69) is 6.07 Å². The summed E-state index contributed by atoms with van der Waals surface area (Å²) in [6, 6.07) is 8.07. The van der Waals surface area contributed by atoms with Gasteiger partial charge in [0.1, 0.15) is 0 Å². The van der Waals surface area contributed by atoms with Gasteiger partial charge in [0.25, 0.3) is 0 Å². The third-order valence-electron chi connectivity index (χ3n) is 3.47. The maximum Gasteiger partial charge on any atom is 0.0449 e. The van der Waals surface area contributed by atoms with E-state index in [1.165, 1.54) is 37.0 Å². The smallest absolute Gasteiger partial charge is 0.0449 e. The standard InChI is InChI=1S/C14H20ClNS/c15-13-8-4-3-7-12(13)14(9-16)17-10-11-5-1-2-6-11/h3-4,7-8,11,14H,1-2,5-6,9-10,16H2. The van der Waals surface area contributed by atoms with Crippen LogP contribution in [-0.4, -0.2) is 12.3 Å². The van der Waals surface area contributed by atoms with Crippen molar-refractivity contribution in [1.82, 2.24) is 0 Å². The summed E-state index contributed by atoms with van der Waals surface area (Å²) in [6.45, 7) is 0.668. The molecule has 1 saturated carbocycles. The highest BCUT2D eigenvalue weighted by Crippen LogP contribution is 2.36. The lowest BCUT2D eigenvalue weighted by atomic mass is 10.1. The predicted molar refractivity (Wildman–Crippen MR) is 77.7 cm³/mol. The van der Waals surface area contributed by atoms with Crippen molar-refractivity contribution in [2.45, 2.75) is 30.9 Å². The van der Waals surface area contributed by atoms with Crippen molar-refractivity contribution in [3.63, 3.8) is 0 Å². The normalized spacial score (nSPS) is 18.5. The van der Waals surface area contributed by atoms with E-state index in [0.29, 0.717) is 11.8 Å². The summed E-state index contributed by atoms with van der Waals surface area (Å²) in [5.41, 5.74) is 7.07. The van der Waals surface area contributed by atoms with E-state index in [0.717, 1.165) is 10.9 Å². The molecule has 0 spiro atoms. The van der Waals surface area contributed by atoms with E-state index in [1.54, 1.807) is 0 Å². The summed E-state index contributed by atoms with van der Waals surface area (Å²) >= 11 is 8.20. The Morgan fingerprint density at radius 1 is 1.29 bits per heavy atom. The quantitative estimate of drug-likeness (QED) is 0.864. The number of nitrogens with two attached hydrogens (primary N) is 1. The Bertz CT molecular complexity index is 350. The average molecular weight is 270 g/mol. The van der Waals surface area contributed by atoms with Gasteiger partial charge in [0.15, 0.2) is 0 Å². The zero-order chi connectivity index (χ0) is 12.1. The fraction of sp³-hybridized carbons (Fsp3) is 0.571. The summed E-state index contributed by atoms with van der Waals surface area (Å²) in [6.07, 6.45) is 5.61.